The molecule has 2 atom stereocenters. The van der Waals surface area contributed by atoms with Crippen LogP contribution < -0.4 is 10.6 Å². The number of ether oxygens (including phenoxy) is 1. The van der Waals surface area contributed by atoms with Gasteiger partial charge in [0.05, 0.1) is 12.8 Å². The van der Waals surface area contributed by atoms with Gasteiger partial charge in [0.15, 0.2) is 0 Å². The van der Waals surface area contributed by atoms with Crippen LogP contribution in [0.2, 0.25) is 0 Å². The molecule has 2 N–H and O–H groups in total. The molecule has 1 aliphatic carbocycles. The van der Waals surface area contributed by atoms with Gasteiger partial charge in [0.25, 0.3) is 0 Å². The second-order valence-corrected chi connectivity index (χ2v) is 6.00. The number of carbonyl (C=O) groups excluding carboxylic acids is 1. The second-order valence-electron chi connectivity index (χ2n) is 6.00. The normalized spacial score (nSPS) is 22.1. The Morgan fingerprint density at radius 1 is 1.47 bits per heavy atom. The summed E-state index contributed by atoms with van der Waals surface area (Å²) < 4.78 is 10.6. The molecule has 5 nitrogen and oxygen atoms in total. The van der Waals surface area contributed by atoms with Gasteiger partial charge in [0, 0.05) is 12.1 Å². The zero-order valence-electron chi connectivity index (χ0n) is 11.9. The van der Waals surface area contributed by atoms with E-state index in [1.165, 1.54) is 0 Å². The summed E-state index contributed by atoms with van der Waals surface area (Å²) in [5.74, 6) is 0.947. The average Bonchev–Trinajstić information content (AvgIpc) is 2.85. The van der Waals surface area contributed by atoms with Gasteiger partial charge in [-0.2, -0.15) is 0 Å². The number of hydrogen-bond acceptors (Lipinski definition) is 4. The molecule has 2 rings (SSSR count). The van der Waals surface area contributed by atoms with Crippen molar-refractivity contribution in [1.29, 1.82) is 0 Å². The maximum absolute atomic E-state index is 11.6. The monoisotopic (exact) mass is 266 g/mol. The summed E-state index contributed by atoms with van der Waals surface area (Å²) >= 11 is 0. The number of aryl methyl sites for hydroxylation is 1. The average molecular weight is 266 g/mol. The predicted octanol–water partition coefficient (Wildman–Crippen LogP) is 2.34. The van der Waals surface area contributed by atoms with Gasteiger partial charge in [-0.25, -0.2) is 4.79 Å². The molecule has 5 heteroatoms. The summed E-state index contributed by atoms with van der Waals surface area (Å²) in [5.41, 5.74) is 0.692. The first-order valence-electron chi connectivity index (χ1n) is 6.61. The third kappa shape index (κ3) is 4.28. The van der Waals surface area contributed by atoms with E-state index >= 15 is 0 Å². The molecule has 0 saturated heterocycles. The molecule has 1 aliphatic rings. The highest BCUT2D eigenvalue weighted by Gasteiger charge is 2.39. The molecule has 19 heavy (non-hydrogen) atoms. The van der Waals surface area contributed by atoms with Gasteiger partial charge in [-0.15, -0.1) is 0 Å². The molecule has 0 bridgehead atoms. The molecular weight excluding hydrogens is 244 g/mol. The van der Waals surface area contributed by atoms with Crippen LogP contribution in [0.1, 0.15) is 38.5 Å². The maximum atomic E-state index is 11.6. The van der Waals surface area contributed by atoms with E-state index in [9.17, 15) is 4.79 Å². The van der Waals surface area contributed by atoms with Crippen molar-refractivity contribution in [1.82, 2.24) is 10.6 Å². The Balaban J connectivity index is 1.68. The van der Waals surface area contributed by atoms with Crippen molar-refractivity contribution < 1.29 is 13.9 Å². The van der Waals surface area contributed by atoms with Crippen molar-refractivity contribution in [3.05, 3.63) is 23.7 Å². The Hall–Kier alpha value is -1.49. The number of rotatable bonds is 4. The predicted molar refractivity (Wildman–Crippen MR) is 71.8 cm³/mol. The molecule has 1 fully saturated rings. The lowest BCUT2D eigenvalue weighted by Gasteiger charge is -2.19. The Morgan fingerprint density at radius 2 is 2.21 bits per heavy atom. The first-order chi connectivity index (χ1) is 8.85. The fourth-order valence-corrected chi connectivity index (χ4v) is 1.85. The van der Waals surface area contributed by atoms with Crippen LogP contribution in [0.25, 0.3) is 0 Å². The van der Waals surface area contributed by atoms with Crippen LogP contribution in [-0.2, 0) is 11.3 Å². The standard InChI is InChI=1S/C14H22N2O3/c1-9-5-6-18-12(9)8-15-10-7-11(10)16-13(17)19-14(2,3)4/h5-6,10-11,15H,7-8H2,1-4H3,(H,16,17). The first kappa shape index (κ1) is 13.9. The highest BCUT2D eigenvalue weighted by molar-refractivity contribution is 5.68. The zero-order valence-corrected chi connectivity index (χ0v) is 11.9. The molecule has 1 heterocycles. The lowest BCUT2D eigenvalue weighted by molar-refractivity contribution is 0.0522. The van der Waals surface area contributed by atoms with Crippen molar-refractivity contribution >= 4 is 6.09 Å². The van der Waals surface area contributed by atoms with Crippen molar-refractivity contribution in [3.63, 3.8) is 0 Å². The van der Waals surface area contributed by atoms with Gasteiger partial charge in [-0.3, -0.25) is 0 Å². The SMILES string of the molecule is Cc1ccoc1CNC1CC1NC(=O)OC(C)(C)C. The first-order valence-corrected chi connectivity index (χ1v) is 6.61. The Labute approximate surface area is 113 Å². The van der Waals surface area contributed by atoms with E-state index in [2.05, 4.69) is 10.6 Å². The Bertz CT molecular complexity index is 448. The number of amides is 1. The van der Waals surface area contributed by atoms with E-state index in [1.54, 1.807) is 6.26 Å². The summed E-state index contributed by atoms with van der Waals surface area (Å²) in [4.78, 5) is 11.6. The van der Waals surface area contributed by atoms with Crippen molar-refractivity contribution in [2.45, 2.75) is 58.3 Å². The quantitative estimate of drug-likeness (QED) is 0.878. The number of alkyl carbamates (subject to hydrolysis) is 1. The molecule has 106 valence electrons. The fourth-order valence-electron chi connectivity index (χ4n) is 1.85. The Kier molecular flexibility index (Phi) is 3.85. The van der Waals surface area contributed by atoms with Crippen LogP contribution in [0, 0.1) is 6.92 Å². The summed E-state index contributed by atoms with van der Waals surface area (Å²) in [5, 5.41) is 6.21. The number of carbonyl (C=O) groups is 1. The largest absolute Gasteiger partial charge is 0.468 e. The van der Waals surface area contributed by atoms with Gasteiger partial charge >= 0.3 is 6.09 Å². The van der Waals surface area contributed by atoms with Crippen LogP contribution in [-0.4, -0.2) is 23.8 Å². The molecule has 0 aliphatic heterocycles. The zero-order chi connectivity index (χ0) is 14.0. The second kappa shape index (κ2) is 5.25. The van der Waals surface area contributed by atoms with Crippen molar-refractivity contribution in [2.24, 2.45) is 0 Å². The summed E-state index contributed by atoms with van der Waals surface area (Å²) in [6, 6.07) is 2.41. The van der Waals surface area contributed by atoms with Crippen LogP contribution >= 0.6 is 0 Å². The van der Waals surface area contributed by atoms with Gasteiger partial charge < -0.3 is 19.8 Å². The fraction of sp³-hybridized carbons (Fsp3) is 0.643. The van der Waals surface area contributed by atoms with Crippen molar-refractivity contribution in [2.75, 3.05) is 0 Å². The summed E-state index contributed by atoms with van der Waals surface area (Å²) in [7, 11) is 0. The Morgan fingerprint density at radius 3 is 2.79 bits per heavy atom. The number of nitrogens with one attached hydrogen (secondary N) is 2. The minimum absolute atomic E-state index is 0.158. The lowest BCUT2D eigenvalue weighted by Crippen LogP contribution is -2.36. The smallest absolute Gasteiger partial charge is 0.407 e. The molecule has 1 aromatic heterocycles. The summed E-state index contributed by atoms with van der Waals surface area (Å²) in [6.07, 6.45) is 2.27. The third-order valence-corrected chi connectivity index (χ3v) is 2.99. The molecular formula is C14H22N2O3. The van der Waals surface area contributed by atoms with E-state index in [0.717, 1.165) is 17.7 Å². The lowest BCUT2D eigenvalue weighted by atomic mass is 10.2. The van der Waals surface area contributed by atoms with E-state index in [-0.39, 0.29) is 12.1 Å². The molecule has 2 unspecified atom stereocenters. The van der Waals surface area contributed by atoms with E-state index in [4.69, 9.17) is 9.15 Å². The molecule has 1 saturated carbocycles. The molecule has 0 radical (unpaired) electrons. The number of furan rings is 1. The van der Waals surface area contributed by atoms with E-state index in [1.807, 2.05) is 33.8 Å². The molecule has 1 amide bonds. The van der Waals surface area contributed by atoms with Crippen LogP contribution in [0.3, 0.4) is 0 Å². The van der Waals surface area contributed by atoms with Gasteiger partial charge in [-0.1, -0.05) is 0 Å². The van der Waals surface area contributed by atoms with E-state index in [0.29, 0.717) is 12.6 Å². The van der Waals surface area contributed by atoms with Gasteiger partial charge in [0.2, 0.25) is 0 Å². The number of hydrogen-bond donors (Lipinski definition) is 2. The van der Waals surface area contributed by atoms with Crippen LogP contribution in [0.15, 0.2) is 16.7 Å². The minimum Gasteiger partial charge on any atom is -0.468 e. The van der Waals surface area contributed by atoms with E-state index < -0.39 is 5.60 Å². The van der Waals surface area contributed by atoms with Crippen LogP contribution in [0.4, 0.5) is 4.79 Å². The van der Waals surface area contributed by atoms with Gasteiger partial charge in [0.1, 0.15) is 11.4 Å². The highest BCUT2D eigenvalue weighted by atomic mass is 16.6. The highest BCUT2D eigenvalue weighted by Crippen LogP contribution is 2.23. The third-order valence-electron chi connectivity index (χ3n) is 2.99. The molecule has 0 spiro atoms. The van der Waals surface area contributed by atoms with Crippen LogP contribution in [0.5, 0.6) is 0 Å². The minimum atomic E-state index is -0.451. The van der Waals surface area contributed by atoms with Gasteiger partial charge in [-0.05, 0) is 45.7 Å². The topological polar surface area (TPSA) is 63.5 Å². The summed E-state index contributed by atoms with van der Waals surface area (Å²) in [6.45, 7) is 8.28. The molecule has 1 aromatic rings. The van der Waals surface area contributed by atoms with Crippen molar-refractivity contribution in [3.8, 4) is 0 Å². The maximum Gasteiger partial charge on any atom is 0.407 e. The molecule has 0 aromatic carbocycles.